The maximum absolute atomic E-state index is 12.0. The summed E-state index contributed by atoms with van der Waals surface area (Å²) in [5.74, 6) is -0.266. The summed E-state index contributed by atoms with van der Waals surface area (Å²) in [6.07, 6.45) is 0. The molecule has 0 saturated carbocycles. The van der Waals surface area contributed by atoms with Gasteiger partial charge in [-0.1, -0.05) is 5.16 Å². The number of hydrogen-bond donors (Lipinski definition) is 1. The molecule has 2 aromatic rings. The molecule has 0 spiro atoms. The molecule has 2 rings (SSSR count). The Morgan fingerprint density at radius 3 is 2.70 bits per heavy atom. The van der Waals surface area contributed by atoms with Crippen molar-refractivity contribution >= 4 is 33.4 Å². The summed E-state index contributed by atoms with van der Waals surface area (Å²) in [4.78, 5) is 22.3. The summed E-state index contributed by atoms with van der Waals surface area (Å²) in [6, 6.07) is 4.12. The van der Waals surface area contributed by atoms with Gasteiger partial charge < -0.3 is 4.52 Å². The van der Waals surface area contributed by atoms with Crippen LogP contribution in [0.2, 0.25) is 0 Å². The number of aryl methyl sites for hydroxylation is 1. The number of nitro groups is 1. The van der Waals surface area contributed by atoms with Crippen molar-refractivity contribution in [1.29, 1.82) is 0 Å². The first-order chi connectivity index (χ1) is 9.40. The quantitative estimate of drug-likeness (QED) is 0.683. The van der Waals surface area contributed by atoms with Crippen molar-refractivity contribution in [3.05, 3.63) is 49.6 Å². The second kappa shape index (κ2) is 5.41. The van der Waals surface area contributed by atoms with Gasteiger partial charge in [-0.15, -0.1) is 0 Å². The van der Waals surface area contributed by atoms with Crippen LogP contribution in [0.4, 0.5) is 11.6 Å². The van der Waals surface area contributed by atoms with Crippen LogP contribution in [0.15, 0.2) is 27.2 Å². The number of nitro benzene ring substituents is 1. The third-order valence-corrected chi connectivity index (χ3v) is 3.46. The Balaban J connectivity index is 2.28. The molecule has 20 heavy (non-hydrogen) atoms. The van der Waals surface area contributed by atoms with Crippen LogP contribution in [-0.2, 0) is 0 Å². The number of carbonyl (C=O) groups excluding carboxylic acids is 1. The lowest BCUT2D eigenvalue weighted by molar-refractivity contribution is -0.385. The molecule has 0 fully saturated rings. The molecule has 0 radical (unpaired) electrons. The van der Waals surface area contributed by atoms with Crippen molar-refractivity contribution in [1.82, 2.24) is 5.16 Å². The fourth-order valence-electron chi connectivity index (χ4n) is 1.50. The smallest absolute Gasteiger partial charge is 0.284 e. The van der Waals surface area contributed by atoms with Crippen LogP contribution in [0.1, 0.15) is 21.6 Å². The summed E-state index contributed by atoms with van der Waals surface area (Å²) >= 11 is 3.06. The van der Waals surface area contributed by atoms with Crippen molar-refractivity contribution in [2.24, 2.45) is 0 Å². The SMILES string of the molecule is Cc1noc(NC(=O)c2ccc(Br)c([N+](=O)[O-])c2)c1C. The van der Waals surface area contributed by atoms with Gasteiger partial charge in [-0.2, -0.15) is 0 Å². The minimum atomic E-state index is -0.565. The van der Waals surface area contributed by atoms with Gasteiger partial charge in [0.05, 0.1) is 15.1 Å². The van der Waals surface area contributed by atoms with Crippen LogP contribution in [0.5, 0.6) is 0 Å². The van der Waals surface area contributed by atoms with Gasteiger partial charge in [0, 0.05) is 17.2 Å². The van der Waals surface area contributed by atoms with Gasteiger partial charge in [0.1, 0.15) is 0 Å². The Morgan fingerprint density at radius 2 is 2.15 bits per heavy atom. The van der Waals surface area contributed by atoms with Crippen LogP contribution < -0.4 is 5.32 Å². The molecule has 1 heterocycles. The standard InChI is InChI=1S/C12H10BrN3O4/c1-6-7(2)15-20-12(6)14-11(17)8-3-4-9(13)10(5-8)16(18)19/h3-5H,1-2H3,(H,14,17). The Morgan fingerprint density at radius 1 is 1.45 bits per heavy atom. The number of amides is 1. The van der Waals surface area contributed by atoms with Gasteiger partial charge in [-0.3, -0.25) is 20.2 Å². The summed E-state index contributed by atoms with van der Waals surface area (Å²) in [7, 11) is 0. The number of anilines is 1. The highest BCUT2D eigenvalue weighted by Gasteiger charge is 2.18. The molecule has 0 unspecified atom stereocenters. The molecule has 1 amide bonds. The van der Waals surface area contributed by atoms with E-state index in [-0.39, 0.29) is 17.1 Å². The summed E-state index contributed by atoms with van der Waals surface area (Å²) in [5, 5.41) is 17.1. The van der Waals surface area contributed by atoms with Crippen molar-refractivity contribution in [3.63, 3.8) is 0 Å². The first kappa shape index (κ1) is 14.2. The van der Waals surface area contributed by atoms with E-state index in [1.807, 2.05) is 0 Å². The van der Waals surface area contributed by atoms with Crippen LogP contribution in [0.3, 0.4) is 0 Å². The molecule has 8 heteroatoms. The molecular formula is C12H10BrN3O4. The van der Waals surface area contributed by atoms with Crippen LogP contribution in [-0.4, -0.2) is 16.0 Å². The van der Waals surface area contributed by atoms with E-state index >= 15 is 0 Å². The fourth-order valence-corrected chi connectivity index (χ4v) is 1.89. The minimum absolute atomic E-state index is 0.161. The summed E-state index contributed by atoms with van der Waals surface area (Å²) in [5.41, 5.74) is 1.36. The fraction of sp³-hybridized carbons (Fsp3) is 0.167. The Kier molecular flexibility index (Phi) is 3.84. The number of carbonyl (C=O) groups is 1. The van der Waals surface area contributed by atoms with Gasteiger partial charge >= 0.3 is 0 Å². The average molecular weight is 340 g/mol. The second-order valence-electron chi connectivity index (χ2n) is 4.10. The van der Waals surface area contributed by atoms with Crippen molar-refractivity contribution < 1.29 is 14.2 Å². The highest BCUT2D eigenvalue weighted by molar-refractivity contribution is 9.10. The van der Waals surface area contributed by atoms with E-state index < -0.39 is 10.8 Å². The summed E-state index contributed by atoms with van der Waals surface area (Å²) in [6.45, 7) is 3.50. The predicted molar refractivity (Wildman–Crippen MR) is 74.7 cm³/mol. The number of halogens is 1. The minimum Gasteiger partial charge on any atom is -0.338 e. The zero-order valence-electron chi connectivity index (χ0n) is 10.6. The molecule has 1 N–H and O–H groups in total. The van der Waals surface area contributed by atoms with Gasteiger partial charge in [-0.05, 0) is 41.9 Å². The Labute approximate surface area is 122 Å². The maximum Gasteiger partial charge on any atom is 0.284 e. The van der Waals surface area contributed by atoms with Crippen molar-refractivity contribution in [2.45, 2.75) is 13.8 Å². The molecule has 0 atom stereocenters. The first-order valence-electron chi connectivity index (χ1n) is 5.58. The largest absolute Gasteiger partial charge is 0.338 e. The third kappa shape index (κ3) is 2.69. The molecule has 0 saturated heterocycles. The van der Waals surface area contributed by atoms with Crippen molar-refractivity contribution in [3.8, 4) is 0 Å². The molecule has 0 aliphatic rings. The number of benzene rings is 1. The van der Waals surface area contributed by atoms with E-state index in [9.17, 15) is 14.9 Å². The van der Waals surface area contributed by atoms with E-state index in [1.54, 1.807) is 13.8 Å². The molecule has 7 nitrogen and oxygen atoms in total. The molecule has 0 aliphatic heterocycles. The van der Waals surface area contributed by atoms with E-state index in [0.29, 0.717) is 15.7 Å². The highest BCUT2D eigenvalue weighted by Crippen LogP contribution is 2.26. The van der Waals surface area contributed by atoms with Gasteiger partial charge in [0.2, 0.25) is 5.88 Å². The molecule has 104 valence electrons. The maximum atomic E-state index is 12.0. The zero-order valence-corrected chi connectivity index (χ0v) is 12.2. The molecular weight excluding hydrogens is 330 g/mol. The molecule has 0 aliphatic carbocycles. The number of nitrogens with one attached hydrogen (secondary N) is 1. The van der Waals surface area contributed by atoms with Gasteiger partial charge in [-0.25, -0.2) is 0 Å². The third-order valence-electron chi connectivity index (χ3n) is 2.79. The van der Waals surface area contributed by atoms with E-state index in [0.717, 1.165) is 0 Å². The monoisotopic (exact) mass is 339 g/mol. The number of nitrogens with zero attached hydrogens (tertiary/aromatic N) is 2. The zero-order chi connectivity index (χ0) is 14.9. The average Bonchev–Trinajstić information content (AvgIpc) is 2.71. The number of rotatable bonds is 3. The first-order valence-corrected chi connectivity index (χ1v) is 6.37. The van der Waals surface area contributed by atoms with Crippen LogP contribution in [0, 0.1) is 24.0 Å². The van der Waals surface area contributed by atoms with E-state index in [1.165, 1.54) is 18.2 Å². The van der Waals surface area contributed by atoms with Gasteiger partial charge in [0.25, 0.3) is 11.6 Å². The lowest BCUT2D eigenvalue weighted by Gasteiger charge is -2.03. The molecule has 0 bridgehead atoms. The van der Waals surface area contributed by atoms with E-state index in [2.05, 4.69) is 26.4 Å². The van der Waals surface area contributed by atoms with Crippen LogP contribution in [0.25, 0.3) is 0 Å². The molecule has 1 aromatic heterocycles. The topological polar surface area (TPSA) is 98.3 Å². The Hall–Kier alpha value is -2.22. The predicted octanol–water partition coefficient (Wildman–Crippen LogP) is 3.21. The number of aromatic nitrogens is 1. The summed E-state index contributed by atoms with van der Waals surface area (Å²) < 4.78 is 5.27. The van der Waals surface area contributed by atoms with Crippen LogP contribution >= 0.6 is 15.9 Å². The number of hydrogen-bond acceptors (Lipinski definition) is 5. The van der Waals surface area contributed by atoms with Gasteiger partial charge in [0.15, 0.2) is 0 Å². The lowest BCUT2D eigenvalue weighted by atomic mass is 10.2. The molecule has 1 aromatic carbocycles. The Bertz CT molecular complexity index is 696. The lowest BCUT2D eigenvalue weighted by Crippen LogP contribution is -2.12. The van der Waals surface area contributed by atoms with E-state index in [4.69, 9.17) is 4.52 Å². The van der Waals surface area contributed by atoms with Crippen molar-refractivity contribution in [2.75, 3.05) is 5.32 Å². The highest BCUT2D eigenvalue weighted by atomic mass is 79.9. The second-order valence-corrected chi connectivity index (χ2v) is 4.95. The normalized spacial score (nSPS) is 10.3.